The molecule has 0 fully saturated rings. The van der Waals surface area contributed by atoms with Crippen molar-refractivity contribution in [2.24, 2.45) is 0 Å². The number of methoxy groups -OCH3 is 1. The van der Waals surface area contributed by atoms with Crippen molar-refractivity contribution in [2.75, 3.05) is 24.3 Å². The molecule has 1 heterocycles. The first-order valence-electron chi connectivity index (χ1n) is 6.40. The summed E-state index contributed by atoms with van der Waals surface area (Å²) in [5.74, 6) is 0.781. The van der Waals surface area contributed by atoms with Crippen LogP contribution in [-0.4, -0.2) is 34.6 Å². The maximum absolute atomic E-state index is 5.66. The number of hydrogen-bond acceptors (Lipinski definition) is 6. The molecule has 0 radical (unpaired) electrons. The van der Waals surface area contributed by atoms with Crippen LogP contribution in [0.15, 0.2) is 0 Å². The Morgan fingerprint density at radius 1 is 1.22 bits per heavy atom. The molecule has 0 bridgehead atoms. The highest BCUT2D eigenvalue weighted by atomic mass is 16.5. The molecule has 0 atom stereocenters. The predicted molar refractivity (Wildman–Crippen MR) is 72.8 cm³/mol. The van der Waals surface area contributed by atoms with E-state index >= 15 is 0 Å². The standard InChI is InChI=1S/C12H23N5O/c1-5-6-7-8-17(9(2)3)11-14-10(13)15-12(16-11)18-4/h9H,5-8H2,1-4H3,(H2,13,14,15,16). The Balaban J connectivity index is 2.87. The lowest BCUT2D eigenvalue weighted by Crippen LogP contribution is -2.33. The van der Waals surface area contributed by atoms with Crippen LogP contribution in [0.2, 0.25) is 0 Å². The van der Waals surface area contributed by atoms with Crippen molar-refractivity contribution in [3.05, 3.63) is 0 Å². The number of nitrogens with zero attached hydrogens (tertiary/aromatic N) is 4. The maximum atomic E-state index is 5.66. The van der Waals surface area contributed by atoms with Gasteiger partial charge in [0.25, 0.3) is 0 Å². The van der Waals surface area contributed by atoms with Gasteiger partial charge in [-0.15, -0.1) is 0 Å². The highest BCUT2D eigenvalue weighted by Crippen LogP contribution is 2.16. The molecule has 0 aliphatic heterocycles. The van der Waals surface area contributed by atoms with Crippen molar-refractivity contribution < 1.29 is 4.74 Å². The number of ether oxygens (including phenoxy) is 1. The Morgan fingerprint density at radius 3 is 2.50 bits per heavy atom. The molecule has 18 heavy (non-hydrogen) atoms. The van der Waals surface area contributed by atoms with Gasteiger partial charge in [0.15, 0.2) is 0 Å². The van der Waals surface area contributed by atoms with Crippen molar-refractivity contribution >= 4 is 11.9 Å². The van der Waals surface area contributed by atoms with Gasteiger partial charge in [0, 0.05) is 12.6 Å². The highest BCUT2D eigenvalue weighted by molar-refractivity contribution is 5.36. The van der Waals surface area contributed by atoms with Crippen molar-refractivity contribution in [3.8, 4) is 6.01 Å². The second-order valence-corrected chi connectivity index (χ2v) is 4.47. The van der Waals surface area contributed by atoms with Gasteiger partial charge in [0.05, 0.1) is 7.11 Å². The summed E-state index contributed by atoms with van der Waals surface area (Å²) in [5.41, 5.74) is 5.66. The predicted octanol–water partition coefficient (Wildman–Crippen LogP) is 1.87. The second-order valence-electron chi connectivity index (χ2n) is 4.47. The molecule has 1 aromatic rings. The van der Waals surface area contributed by atoms with Crippen LogP contribution in [0.4, 0.5) is 11.9 Å². The van der Waals surface area contributed by atoms with E-state index in [4.69, 9.17) is 10.5 Å². The minimum atomic E-state index is 0.193. The van der Waals surface area contributed by atoms with Gasteiger partial charge in [-0.1, -0.05) is 19.8 Å². The smallest absolute Gasteiger partial charge is 0.322 e. The lowest BCUT2D eigenvalue weighted by atomic mass is 10.2. The maximum Gasteiger partial charge on any atom is 0.322 e. The lowest BCUT2D eigenvalue weighted by molar-refractivity contribution is 0.378. The number of aromatic nitrogens is 3. The molecule has 0 aliphatic rings. The van der Waals surface area contributed by atoms with Crippen LogP contribution in [0.1, 0.15) is 40.0 Å². The van der Waals surface area contributed by atoms with Gasteiger partial charge in [-0.2, -0.15) is 15.0 Å². The van der Waals surface area contributed by atoms with E-state index in [0.29, 0.717) is 12.0 Å². The summed E-state index contributed by atoms with van der Waals surface area (Å²) in [6.07, 6.45) is 3.50. The van der Waals surface area contributed by atoms with Gasteiger partial charge in [0.1, 0.15) is 0 Å². The van der Waals surface area contributed by atoms with Crippen LogP contribution in [0.5, 0.6) is 6.01 Å². The van der Waals surface area contributed by atoms with Gasteiger partial charge in [0.2, 0.25) is 11.9 Å². The highest BCUT2D eigenvalue weighted by Gasteiger charge is 2.15. The minimum Gasteiger partial charge on any atom is -0.467 e. The fourth-order valence-electron chi connectivity index (χ4n) is 1.70. The Hall–Kier alpha value is -1.59. The summed E-state index contributed by atoms with van der Waals surface area (Å²) < 4.78 is 5.02. The molecule has 2 N–H and O–H groups in total. The molecule has 6 nitrogen and oxygen atoms in total. The minimum absolute atomic E-state index is 0.193. The van der Waals surface area contributed by atoms with E-state index in [0.717, 1.165) is 13.0 Å². The zero-order valence-electron chi connectivity index (χ0n) is 11.7. The Kier molecular flexibility index (Phi) is 5.61. The summed E-state index contributed by atoms with van der Waals surface area (Å²) in [7, 11) is 1.52. The molecule has 0 spiro atoms. The third kappa shape index (κ3) is 4.01. The average molecular weight is 253 g/mol. The van der Waals surface area contributed by atoms with Crippen LogP contribution >= 0.6 is 0 Å². The number of nitrogen functional groups attached to an aromatic ring is 1. The van der Waals surface area contributed by atoms with E-state index in [1.54, 1.807) is 0 Å². The molecule has 0 saturated carbocycles. The SMILES string of the molecule is CCCCCN(c1nc(N)nc(OC)n1)C(C)C. The van der Waals surface area contributed by atoms with Gasteiger partial charge in [-0.25, -0.2) is 0 Å². The molecule has 0 amide bonds. The second kappa shape index (κ2) is 6.98. The monoisotopic (exact) mass is 253 g/mol. The summed E-state index contributed by atoms with van der Waals surface area (Å²) in [6, 6.07) is 0.576. The summed E-state index contributed by atoms with van der Waals surface area (Å²) in [4.78, 5) is 14.5. The van der Waals surface area contributed by atoms with Crippen LogP contribution in [0.25, 0.3) is 0 Å². The van der Waals surface area contributed by atoms with Gasteiger partial charge < -0.3 is 15.4 Å². The first kappa shape index (κ1) is 14.5. The molecule has 102 valence electrons. The number of hydrogen-bond donors (Lipinski definition) is 1. The van der Waals surface area contributed by atoms with Crippen LogP contribution in [0.3, 0.4) is 0 Å². The summed E-state index contributed by atoms with van der Waals surface area (Å²) in [6.45, 7) is 7.32. The number of unbranched alkanes of at least 4 members (excludes halogenated alkanes) is 2. The zero-order valence-corrected chi connectivity index (χ0v) is 11.7. The van der Waals surface area contributed by atoms with E-state index in [2.05, 4.69) is 40.6 Å². The van der Waals surface area contributed by atoms with Gasteiger partial charge in [-0.3, -0.25) is 0 Å². The molecule has 0 aromatic carbocycles. The van der Waals surface area contributed by atoms with E-state index in [9.17, 15) is 0 Å². The number of rotatable bonds is 7. The molecule has 0 saturated heterocycles. The molecule has 6 heteroatoms. The van der Waals surface area contributed by atoms with E-state index in [1.807, 2.05) is 0 Å². The lowest BCUT2D eigenvalue weighted by Gasteiger charge is -2.26. The molecule has 1 rings (SSSR count). The molecular formula is C12H23N5O. The van der Waals surface area contributed by atoms with E-state index < -0.39 is 0 Å². The van der Waals surface area contributed by atoms with Gasteiger partial charge in [-0.05, 0) is 20.3 Å². The van der Waals surface area contributed by atoms with Crippen LogP contribution in [0, 0.1) is 0 Å². The number of anilines is 2. The fourth-order valence-corrected chi connectivity index (χ4v) is 1.70. The van der Waals surface area contributed by atoms with E-state index in [-0.39, 0.29) is 12.0 Å². The van der Waals surface area contributed by atoms with Crippen molar-refractivity contribution in [1.82, 2.24) is 15.0 Å². The fraction of sp³-hybridized carbons (Fsp3) is 0.750. The molecular weight excluding hydrogens is 230 g/mol. The van der Waals surface area contributed by atoms with Gasteiger partial charge >= 0.3 is 6.01 Å². The normalized spacial score (nSPS) is 10.7. The Labute approximate surface area is 109 Å². The quantitative estimate of drug-likeness (QED) is 0.747. The van der Waals surface area contributed by atoms with Crippen LogP contribution < -0.4 is 15.4 Å². The van der Waals surface area contributed by atoms with Crippen LogP contribution in [-0.2, 0) is 0 Å². The zero-order chi connectivity index (χ0) is 13.5. The molecule has 0 aliphatic carbocycles. The summed E-state index contributed by atoms with van der Waals surface area (Å²) >= 11 is 0. The largest absolute Gasteiger partial charge is 0.467 e. The topological polar surface area (TPSA) is 77.2 Å². The number of nitrogens with two attached hydrogens (primary N) is 1. The third-order valence-electron chi connectivity index (χ3n) is 2.69. The average Bonchev–Trinajstić information content (AvgIpc) is 2.33. The van der Waals surface area contributed by atoms with Crippen molar-refractivity contribution in [3.63, 3.8) is 0 Å². The Bertz CT molecular complexity index is 369. The first-order valence-corrected chi connectivity index (χ1v) is 6.40. The van der Waals surface area contributed by atoms with E-state index in [1.165, 1.54) is 20.0 Å². The molecule has 1 aromatic heterocycles. The summed E-state index contributed by atoms with van der Waals surface area (Å²) in [5, 5.41) is 0. The first-order chi connectivity index (χ1) is 8.58. The molecule has 0 unspecified atom stereocenters. The van der Waals surface area contributed by atoms with Crippen molar-refractivity contribution in [1.29, 1.82) is 0 Å². The van der Waals surface area contributed by atoms with Crippen molar-refractivity contribution in [2.45, 2.75) is 46.1 Å². The Morgan fingerprint density at radius 2 is 1.94 bits per heavy atom. The third-order valence-corrected chi connectivity index (χ3v) is 2.69.